The standard InChI is InChI=1S/C23H25FN2O2/c1-15(18-9-5-4-6-10-18)25-13-20-16(2)26(17(3)22(20)23(27)28)14-19-11-7-8-12-21(19)24/h4-12,15,25H,13-14H2,1-3H3,(H,27,28)/t15-/m0/s1. The summed E-state index contributed by atoms with van der Waals surface area (Å²) in [6.07, 6.45) is 0. The third-order valence-electron chi connectivity index (χ3n) is 5.29. The lowest BCUT2D eigenvalue weighted by Gasteiger charge is -2.15. The van der Waals surface area contributed by atoms with Crippen molar-refractivity contribution < 1.29 is 14.3 Å². The van der Waals surface area contributed by atoms with E-state index < -0.39 is 5.97 Å². The van der Waals surface area contributed by atoms with E-state index in [1.807, 2.05) is 48.7 Å². The van der Waals surface area contributed by atoms with Gasteiger partial charge in [0.15, 0.2) is 0 Å². The maximum absolute atomic E-state index is 14.1. The van der Waals surface area contributed by atoms with Gasteiger partial charge in [-0.2, -0.15) is 0 Å². The van der Waals surface area contributed by atoms with Crippen LogP contribution in [0.4, 0.5) is 4.39 Å². The number of nitrogens with zero attached hydrogens (tertiary/aromatic N) is 1. The van der Waals surface area contributed by atoms with Crippen LogP contribution in [0.15, 0.2) is 54.6 Å². The smallest absolute Gasteiger partial charge is 0.337 e. The minimum atomic E-state index is -0.961. The zero-order valence-corrected chi connectivity index (χ0v) is 16.4. The summed E-state index contributed by atoms with van der Waals surface area (Å²) in [6.45, 7) is 6.45. The molecule has 0 saturated carbocycles. The summed E-state index contributed by atoms with van der Waals surface area (Å²) in [5.41, 5.74) is 4.19. The Balaban J connectivity index is 1.90. The van der Waals surface area contributed by atoms with Gasteiger partial charge in [-0.3, -0.25) is 0 Å². The van der Waals surface area contributed by atoms with E-state index in [4.69, 9.17) is 0 Å². The molecule has 28 heavy (non-hydrogen) atoms. The number of halogens is 1. The molecular weight excluding hydrogens is 355 g/mol. The number of carbonyl (C=O) groups is 1. The Morgan fingerprint density at radius 1 is 1.07 bits per heavy atom. The van der Waals surface area contributed by atoms with E-state index in [-0.39, 0.29) is 11.9 Å². The molecule has 0 aliphatic rings. The first-order chi connectivity index (χ1) is 13.4. The Labute approximate surface area is 164 Å². The molecule has 1 atom stereocenters. The second-order valence-electron chi connectivity index (χ2n) is 7.02. The zero-order chi connectivity index (χ0) is 20.3. The quantitative estimate of drug-likeness (QED) is 0.617. The van der Waals surface area contributed by atoms with Crippen molar-refractivity contribution in [1.82, 2.24) is 9.88 Å². The molecule has 0 amide bonds. The number of aromatic nitrogens is 1. The van der Waals surface area contributed by atoms with Crippen molar-refractivity contribution in [3.8, 4) is 0 Å². The Morgan fingerprint density at radius 3 is 2.36 bits per heavy atom. The van der Waals surface area contributed by atoms with Crippen LogP contribution in [0, 0.1) is 19.7 Å². The minimum absolute atomic E-state index is 0.0810. The monoisotopic (exact) mass is 380 g/mol. The van der Waals surface area contributed by atoms with Crippen LogP contribution in [-0.4, -0.2) is 15.6 Å². The van der Waals surface area contributed by atoms with Gasteiger partial charge in [-0.05, 0) is 32.4 Å². The summed E-state index contributed by atoms with van der Waals surface area (Å²) in [7, 11) is 0. The lowest BCUT2D eigenvalue weighted by atomic mass is 10.1. The van der Waals surface area contributed by atoms with E-state index in [1.54, 1.807) is 25.1 Å². The number of carboxylic acid groups (broad SMARTS) is 1. The highest BCUT2D eigenvalue weighted by atomic mass is 19.1. The SMILES string of the molecule is Cc1c(CN[C@@H](C)c2ccccc2)c(C(=O)O)c(C)n1Cc1ccccc1F. The Bertz CT molecular complexity index is 980. The molecule has 2 N–H and O–H groups in total. The zero-order valence-electron chi connectivity index (χ0n) is 16.4. The second kappa shape index (κ2) is 8.40. The predicted octanol–water partition coefficient (Wildman–Crippen LogP) is 4.84. The summed E-state index contributed by atoms with van der Waals surface area (Å²) in [5, 5.41) is 13.2. The number of aromatic carboxylic acids is 1. The third kappa shape index (κ3) is 3.99. The summed E-state index contributed by atoms with van der Waals surface area (Å²) in [6, 6.07) is 16.7. The molecule has 0 aliphatic heterocycles. The number of carboxylic acids is 1. The minimum Gasteiger partial charge on any atom is -0.478 e. The number of nitrogens with one attached hydrogen (secondary N) is 1. The molecule has 146 valence electrons. The maximum atomic E-state index is 14.1. The van der Waals surface area contributed by atoms with Crippen molar-refractivity contribution in [3.05, 3.63) is 94.1 Å². The molecule has 1 heterocycles. The van der Waals surface area contributed by atoms with Crippen LogP contribution >= 0.6 is 0 Å². The van der Waals surface area contributed by atoms with E-state index in [0.717, 1.165) is 16.8 Å². The van der Waals surface area contributed by atoms with Crippen molar-refractivity contribution in [2.24, 2.45) is 0 Å². The van der Waals surface area contributed by atoms with Crippen molar-refractivity contribution in [2.45, 2.75) is 39.9 Å². The van der Waals surface area contributed by atoms with E-state index >= 15 is 0 Å². The second-order valence-corrected chi connectivity index (χ2v) is 7.02. The molecular formula is C23H25FN2O2. The van der Waals surface area contributed by atoms with Crippen molar-refractivity contribution in [2.75, 3.05) is 0 Å². The van der Waals surface area contributed by atoms with Crippen LogP contribution in [0.3, 0.4) is 0 Å². The first kappa shape index (κ1) is 19.8. The van der Waals surface area contributed by atoms with E-state index in [0.29, 0.717) is 29.9 Å². The fraction of sp³-hybridized carbons (Fsp3) is 0.261. The molecule has 0 saturated heterocycles. The molecule has 0 radical (unpaired) electrons. The number of hydrogen-bond donors (Lipinski definition) is 2. The van der Waals surface area contributed by atoms with Crippen LogP contribution in [0.2, 0.25) is 0 Å². The van der Waals surface area contributed by atoms with E-state index in [2.05, 4.69) is 5.32 Å². The molecule has 1 aromatic heterocycles. The average molecular weight is 380 g/mol. The van der Waals surface area contributed by atoms with Crippen LogP contribution < -0.4 is 5.32 Å². The average Bonchev–Trinajstić information content (AvgIpc) is 2.92. The largest absolute Gasteiger partial charge is 0.478 e. The summed E-state index contributed by atoms with van der Waals surface area (Å²) < 4.78 is 16.0. The van der Waals surface area contributed by atoms with Crippen LogP contribution in [0.25, 0.3) is 0 Å². The summed E-state index contributed by atoms with van der Waals surface area (Å²) in [4.78, 5) is 11.9. The van der Waals surface area contributed by atoms with Gasteiger partial charge in [0.1, 0.15) is 5.82 Å². The number of benzene rings is 2. The molecule has 3 aromatic rings. The molecule has 0 fully saturated rings. The lowest BCUT2D eigenvalue weighted by Crippen LogP contribution is -2.19. The van der Waals surface area contributed by atoms with E-state index in [9.17, 15) is 14.3 Å². The summed E-state index contributed by atoms with van der Waals surface area (Å²) in [5.74, 6) is -1.25. The van der Waals surface area contributed by atoms with E-state index in [1.165, 1.54) is 6.07 Å². The highest BCUT2D eigenvalue weighted by molar-refractivity contribution is 5.91. The van der Waals surface area contributed by atoms with Crippen LogP contribution in [0.1, 0.15) is 51.4 Å². The maximum Gasteiger partial charge on any atom is 0.337 e. The molecule has 0 unspecified atom stereocenters. The molecule has 3 rings (SSSR count). The first-order valence-electron chi connectivity index (χ1n) is 9.33. The van der Waals surface area contributed by atoms with Gasteiger partial charge in [0.25, 0.3) is 0 Å². The van der Waals surface area contributed by atoms with Crippen LogP contribution in [-0.2, 0) is 13.1 Å². The normalized spacial score (nSPS) is 12.1. The molecule has 2 aromatic carbocycles. The Hall–Kier alpha value is -2.92. The predicted molar refractivity (Wildman–Crippen MR) is 108 cm³/mol. The number of hydrogen-bond acceptors (Lipinski definition) is 2. The molecule has 5 heteroatoms. The lowest BCUT2D eigenvalue weighted by molar-refractivity contribution is 0.0694. The Morgan fingerprint density at radius 2 is 1.71 bits per heavy atom. The number of rotatable bonds is 7. The van der Waals surface area contributed by atoms with Crippen molar-refractivity contribution in [3.63, 3.8) is 0 Å². The fourth-order valence-corrected chi connectivity index (χ4v) is 3.60. The van der Waals surface area contributed by atoms with Gasteiger partial charge in [0, 0.05) is 35.1 Å². The fourth-order valence-electron chi connectivity index (χ4n) is 3.60. The molecule has 0 aliphatic carbocycles. The van der Waals surface area contributed by atoms with Gasteiger partial charge in [0.05, 0.1) is 12.1 Å². The summed E-state index contributed by atoms with van der Waals surface area (Å²) >= 11 is 0. The van der Waals surface area contributed by atoms with Gasteiger partial charge >= 0.3 is 5.97 Å². The molecule has 0 bridgehead atoms. The van der Waals surface area contributed by atoms with Crippen molar-refractivity contribution >= 4 is 5.97 Å². The highest BCUT2D eigenvalue weighted by Gasteiger charge is 2.23. The first-order valence-corrected chi connectivity index (χ1v) is 9.33. The Kier molecular flexibility index (Phi) is 5.95. The van der Waals surface area contributed by atoms with Gasteiger partial charge in [-0.1, -0.05) is 48.5 Å². The van der Waals surface area contributed by atoms with Gasteiger partial charge in [-0.25, -0.2) is 9.18 Å². The van der Waals surface area contributed by atoms with Crippen LogP contribution in [0.5, 0.6) is 0 Å². The third-order valence-corrected chi connectivity index (χ3v) is 5.29. The van der Waals surface area contributed by atoms with Gasteiger partial charge in [0.2, 0.25) is 0 Å². The molecule has 4 nitrogen and oxygen atoms in total. The van der Waals surface area contributed by atoms with Crippen molar-refractivity contribution in [1.29, 1.82) is 0 Å². The van der Waals surface area contributed by atoms with Gasteiger partial charge < -0.3 is 15.0 Å². The van der Waals surface area contributed by atoms with Gasteiger partial charge in [-0.15, -0.1) is 0 Å². The molecule has 0 spiro atoms. The highest BCUT2D eigenvalue weighted by Crippen LogP contribution is 2.25. The topological polar surface area (TPSA) is 54.3 Å².